The first-order chi connectivity index (χ1) is 7.63. The third-order valence-corrected chi connectivity index (χ3v) is 2.83. The fraction of sp³-hybridized carbons (Fsp3) is 0.818. The molecule has 1 unspecified atom stereocenters. The van der Waals surface area contributed by atoms with E-state index in [4.69, 9.17) is 0 Å². The van der Waals surface area contributed by atoms with Gasteiger partial charge in [0.2, 0.25) is 11.8 Å². The Kier molecular flexibility index (Phi) is 5.25. The highest BCUT2D eigenvalue weighted by Crippen LogP contribution is 2.06. The van der Waals surface area contributed by atoms with E-state index in [-0.39, 0.29) is 18.4 Å². The third kappa shape index (κ3) is 4.18. The summed E-state index contributed by atoms with van der Waals surface area (Å²) in [6.07, 6.45) is 2.31. The van der Waals surface area contributed by atoms with Gasteiger partial charge in [-0.2, -0.15) is 0 Å². The molecule has 5 heteroatoms. The monoisotopic (exact) mass is 227 g/mol. The number of nitrogens with one attached hydrogen (secondary N) is 2. The maximum Gasteiger partial charge on any atom is 0.242 e. The molecular formula is C11H21N3O2. The number of carbonyl (C=O) groups excluding carboxylic acids is 2. The van der Waals surface area contributed by atoms with Crippen LogP contribution < -0.4 is 10.6 Å². The molecule has 16 heavy (non-hydrogen) atoms. The van der Waals surface area contributed by atoms with E-state index in [1.807, 2.05) is 6.92 Å². The molecule has 2 N–H and O–H groups in total. The van der Waals surface area contributed by atoms with Gasteiger partial charge in [-0.15, -0.1) is 0 Å². The minimum absolute atomic E-state index is 0.00796. The second kappa shape index (κ2) is 6.48. The summed E-state index contributed by atoms with van der Waals surface area (Å²) in [5, 5.41) is 5.89. The van der Waals surface area contributed by atoms with Gasteiger partial charge in [0, 0.05) is 26.1 Å². The molecule has 1 fully saturated rings. The van der Waals surface area contributed by atoms with Gasteiger partial charge in [-0.05, 0) is 26.3 Å². The van der Waals surface area contributed by atoms with Gasteiger partial charge in [-0.1, -0.05) is 0 Å². The van der Waals surface area contributed by atoms with Gasteiger partial charge in [-0.3, -0.25) is 9.59 Å². The van der Waals surface area contributed by atoms with E-state index in [1.54, 1.807) is 4.90 Å². The van der Waals surface area contributed by atoms with Gasteiger partial charge in [0.15, 0.2) is 0 Å². The standard InChI is InChI=1S/C11H21N3O2/c1-3-14(8-10-5-4-6-12-10)11(16)7-13-9(2)15/h10,12H,3-8H2,1-2H3,(H,13,15). The predicted octanol–water partition coefficient (Wildman–Crippen LogP) is -0.277. The first-order valence-corrected chi connectivity index (χ1v) is 5.89. The van der Waals surface area contributed by atoms with E-state index < -0.39 is 0 Å². The Hall–Kier alpha value is -1.10. The van der Waals surface area contributed by atoms with Crippen LogP contribution in [0.25, 0.3) is 0 Å². The molecule has 0 aliphatic carbocycles. The highest BCUT2D eigenvalue weighted by molar-refractivity contribution is 5.83. The smallest absolute Gasteiger partial charge is 0.242 e. The molecule has 0 saturated carbocycles. The Balaban J connectivity index is 2.33. The minimum Gasteiger partial charge on any atom is -0.347 e. The summed E-state index contributed by atoms with van der Waals surface area (Å²) in [6, 6.07) is 0.418. The number of likely N-dealkylation sites (N-methyl/N-ethyl adjacent to an activating group) is 1. The highest BCUT2D eigenvalue weighted by atomic mass is 16.2. The van der Waals surface area contributed by atoms with Gasteiger partial charge >= 0.3 is 0 Å². The van der Waals surface area contributed by atoms with Gasteiger partial charge in [0.25, 0.3) is 0 Å². The molecule has 0 aromatic rings. The molecule has 0 spiro atoms. The number of amides is 2. The maximum absolute atomic E-state index is 11.7. The van der Waals surface area contributed by atoms with Crippen LogP contribution in [0, 0.1) is 0 Å². The summed E-state index contributed by atoms with van der Waals surface area (Å²) in [7, 11) is 0. The molecule has 1 saturated heterocycles. The molecule has 92 valence electrons. The second-order valence-electron chi connectivity index (χ2n) is 4.14. The van der Waals surface area contributed by atoms with Crippen molar-refractivity contribution in [1.29, 1.82) is 0 Å². The first kappa shape index (κ1) is 13.0. The summed E-state index contributed by atoms with van der Waals surface area (Å²) in [6.45, 7) is 5.96. The van der Waals surface area contributed by atoms with Crippen molar-refractivity contribution in [1.82, 2.24) is 15.5 Å². The van der Waals surface area contributed by atoms with Crippen LogP contribution in [-0.4, -0.2) is 48.9 Å². The molecule has 1 atom stereocenters. The first-order valence-electron chi connectivity index (χ1n) is 5.89. The zero-order valence-electron chi connectivity index (χ0n) is 10.1. The summed E-state index contributed by atoms with van der Waals surface area (Å²) in [4.78, 5) is 24.2. The number of rotatable bonds is 5. The number of nitrogens with zero attached hydrogens (tertiary/aromatic N) is 1. The average Bonchev–Trinajstić information content (AvgIpc) is 2.75. The van der Waals surface area contributed by atoms with Crippen molar-refractivity contribution in [2.24, 2.45) is 0 Å². The van der Waals surface area contributed by atoms with Crippen molar-refractivity contribution in [3.8, 4) is 0 Å². The lowest BCUT2D eigenvalue weighted by molar-refractivity contribution is -0.132. The highest BCUT2D eigenvalue weighted by Gasteiger charge is 2.20. The molecule has 1 aliphatic heterocycles. The van der Waals surface area contributed by atoms with E-state index >= 15 is 0 Å². The second-order valence-corrected chi connectivity index (χ2v) is 4.14. The number of carbonyl (C=O) groups is 2. The molecule has 0 bridgehead atoms. The summed E-state index contributed by atoms with van der Waals surface area (Å²) < 4.78 is 0. The molecule has 1 rings (SSSR count). The normalized spacial score (nSPS) is 19.5. The molecular weight excluding hydrogens is 206 g/mol. The molecule has 5 nitrogen and oxygen atoms in total. The maximum atomic E-state index is 11.7. The summed E-state index contributed by atoms with van der Waals surface area (Å²) in [5.74, 6) is -0.171. The van der Waals surface area contributed by atoms with Gasteiger partial charge < -0.3 is 15.5 Å². The van der Waals surface area contributed by atoms with Crippen LogP contribution in [0.2, 0.25) is 0 Å². The van der Waals surface area contributed by atoms with E-state index in [1.165, 1.54) is 13.3 Å². The van der Waals surface area contributed by atoms with Crippen molar-refractivity contribution < 1.29 is 9.59 Å². The van der Waals surface area contributed by atoms with Gasteiger partial charge in [0.1, 0.15) is 0 Å². The lowest BCUT2D eigenvalue weighted by Crippen LogP contribution is -2.45. The topological polar surface area (TPSA) is 61.4 Å². The number of hydrogen-bond acceptors (Lipinski definition) is 3. The van der Waals surface area contributed by atoms with Crippen LogP contribution >= 0.6 is 0 Å². The lowest BCUT2D eigenvalue weighted by atomic mass is 10.2. The molecule has 0 aromatic carbocycles. The van der Waals surface area contributed by atoms with Crippen molar-refractivity contribution in [2.75, 3.05) is 26.2 Å². The average molecular weight is 227 g/mol. The van der Waals surface area contributed by atoms with Crippen molar-refractivity contribution in [3.05, 3.63) is 0 Å². The van der Waals surface area contributed by atoms with Crippen molar-refractivity contribution in [3.63, 3.8) is 0 Å². The Morgan fingerprint density at radius 1 is 1.50 bits per heavy atom. The predicted molar refractivity (Wildman–Crippen MR) is 62.0 cm³/mol. The SMILES string of the molecule is CCN(CC1CCCN1)C(=O)CNC(C)=O. The lowest BCUT2D eigenvalue weighted by Gasteiger charge is -2.24. The van der Waals surface area contributed by atoms with Gasteiger partial charge in [0.05, 0.1) is 6.54 Å². The quantitative estimate of drug-likeness (QED) is 0.679. The number of hydrogen-bond donors (Lipinski definition) is 2. The molecule has 1 heterocycles. The van der Waals surface area contributed by atoms with E-state index in [0.29, 0.717) is 12.6 Å². The van der Waals surface area contributed by atoms with Crippen molar-refractivity contribution >= 4 is 11.8 Å². The Morgan fingerprint density at radius 2 is 2.25 bits per heavy atom. The van der Waals surface area contributed by atoms with Crippen LogP contribution in [0.4, 0.5) is 0 Å². The van der Waals surface area contributed by atoms with Crippen LogP contribution in [-0.2, 0) is 9.59 Å². The summed E-state index contributed by atoms with van der Waals surface area (Å²) in [5.41, 5.74) is 0. The zero-order valence-corrected chi connectivity index (χ0v) is 10.1. The van der Waals surface area contributed by atoms with Crippen LogP contribution in [0.3, 0.4) is 0 Å². The zero-order chi connectivity index (χ0) is 12.0. The molecule has 0 radical (unpaired) electrons. The Labute approximate surface area is 96.6 Å². The van der Waals surface area contributed by atoms with Crippen LogP contribution in [0.1, 0.15) is 26.7 Å². The Morgan fingerprint density at radius 3 is 2.75 bits per heavy atom. The van der Waals surface area contributed by atoms with Gasteiger partial charge in [-0.25, -0.2) is 0 Å². The largest absolute Gasteiger partial charge is 0.347 e. The van der Waals surface area contributed by atoms with Crippen molar-refractivity contribution in [2.45, 2.75) is 32.7 Å². The fourth-order valence-electron chi connectivity index (χ4n) is 1.90. The van der Waals surface area contributed by atoms with E-state index in [9.17, 15) is 9.59 Å². The Bertz CT molecular complexity index is 250. The minimum atomic E-state index is -0.164. The van der Waals surface area contributed by atoms with E-state index in [2.05, 4.69) is 10.6 Å². The fourth-order valence-corrected chi connectivity index (χ4v) is 1.90. The van der Waals surface area contributed by atoms with Crippen LogP contribution in [0.15, 0.2) is 0 Å². The summed E-state index contributed by atoms with van der Waals surface area (Å²) >= 11 is 0. The molecule has 1 aliphatic rings. The third-order valence-electron chi connectivity index (χ3n) is 2.83. The molecule has 0 aromatic heterocycles. The van der Waals surface area contributed by atoms with Crippen LogP contribution in [0.5, 0.6) is 0 Å². The van der Waals surface area contributed by atoms with E-state index in [0.717, 1.165) is 19.5 Å². The molecule has 2 amide bonds.